The Morgan fingerprint density at radius 3 is 2.62 bits per heavy atom. The van der Waals surface area contributed by atoms with E-state index in [1.165, 1.54) is 26.4 Å². The predicted molar refractivity (Wildman–Crippen MR) is 96.0 cm³/mol. The fraction of sp³-hybridized carbons (Fsp3) is 0.263. The highest BCUT2D eigenvalue weighted by Crippen LogP contribution is 2.30. The molecule has 0 saturated carbocycles. The molecule has 26 heavy (non-hydrogen) atoms. The van der Waals surface area contributed by atoms with Crippen LogP contribution in [0.25, 0.3) is 0 Å². The molecule has 2 aromatic carbocycles. The number of para-hydroxylation sites is 1. The van der Waals surface area contributed by atoms with Gasteiger partial charge in [-0.3, -0.25) is 4.79 Å². The second kappa shape index (κ2) is 9.41. The van der Waals surface area contributed by atoms with Crippen LogP contribution in [0.1, 0.15) is 18.1 Å². The maximum Gasteiger partial charge on any atom is 0.273 e. The van der Waals surface area contributed by atoms with Crippen LogP contribution in [0.3, 0.4) is 0 Å². The molecule has 0 spiro atoms. The minimum Gasteiger partial charge on any atom is -0.493 e. The Bertz CT molecular complexity index is 793. The lowest BCUT2D eigenvalue weighted by atomic mass is 10.0. The van der Waals surface area contributed by atoms with Crippen molar-refractivity contribution in [3.63, 3.8) is 0 Å². The summed E-state index contributed by atoms with van der Waals surface area (Å²) >= 11 is 0. The first-order valence-corrected chi connectivity index (χ1v) is 8.05. The second-order valence-corrected chi connectivity index (χ2v) is 5.20. The van der Waals surface area contributed by atoms with Crippen LogP contribution in [0.2, 0.25) is 0 Å². The molecule has 0 aliphatic rings. The standard InChI is InChI=1S/C19H21FN2O4/c1-4-21-19(23)17(22-25-3)14-9-6-5-8-13(14)12-26-18-15(20)10-7-11-16(18)24-2/h5-11H,4,12H2,1-3H3,(H,21,23)/b22-17+. The number of nitrogens with zero attached hydrogens (tertiary/aromatic N) is 1. The van der Waals surface area contributed by atoms with Crippen molar-refractivity contribution >= 4 is 11.6 Å². The van der Waals surface area contributed by atoms with Crippen molar-refractivity contribution in [1.82, 2.24) is 5.32 Å². The average molecular weight is 360 g/mol. The van der Waals surface area contributed by atoms with E-state index in [1.54, 1.807) is 30.3 Å². The van der Waals surface area contributed by atoms with Crippen LogP contribution in [0.4, 0.5) is 4.39 Å². The molecule has 0 fully saturated rings. The summed E-state index contributed by atoms with van der Waals surface area (Å²) in [7, 11) is 2.80. The van der Waals surface area contributed by atoms with Crippen molar-refractivity contribution in [1.29, 1.82) is 0 Å². The van der Waals surface area contributed by atoms with Crippen molar-refractivity contribution in [2.24, 2.45) is 5.16 Å². The van der Waals surface area contributed by atoms with E-state index in [-0.39, 0.29) is 29.7 Å². The molecule has 7 heteroatoms. The van der Waals surface area contributed by atoms with Gasteiger partial charge in [0.1, 0.15) is 13.7 Å². The van der Waals surface area contributed by atoms with Crippen LogP contribution in [-0.2, 0) is 16.2 Å². The first-order valence-electron chi connectivity index (χ1n) is 8.05. The summed E-state index contributed by atoms with van der Waals surface area (Å²) in [5.74, 6) is -0.605. The van der Waals surface area contributed by atoms with Gasteiger partial charge in [-0.05, 0) is 24.6 Å². The molecule has 0 aliphatic heterocycles. The molecule has 0 saturated heterocycles. The van der Waals surface area contributed by atoms with Crippen molar-refractivity contribution in [2.75, 3.05) is 20.8 Å². The summed E-state index contributed by atoms with van der Waals surface area (Å²) in [6.07, 6.45) is 0. The first kappa shape index (κ1) is 19.2. The number of amides is 1. The number of nitrogens with one attached hydrogen (secondary N) is 1. The molecule has 0 aliphatic carbocycles. The number of oxime groups is 1. The zero-order valence-electron chi connectivity index (χ0n) is 14.9. The number of hydrogen-bond acceptors (Lipinski definition) is 5. The summed E-state index contributed by atoms with van der Waals surface area (Å²) in [6, 6.07) is 11.5. The second-order valence-electron chi connectivity index (χ2n) is 5.20. The molecule has 0 heterocycles. The zero-order chi connectivity index (χ0) is 18.9. The maximum atomic E-state index is 14.0. The number of halogens is 1. The summed E-state index contributed by atoms with van der Waals surface area (Å²) < 4.78 is 24.8. The Labute approximate surface area is 151 Å². The van der Waals surface area contributed by atoms with E-state index in [2.05, 4.69) is 10.5 Å². The third-order valence-corrected chi connectivity index (χ3v) is 3.53. The average Bonchev–Trinajstić information content (AvgIpc) is 2.65. The van der Waals surface area contributed by atoms with Gasteiger partial charge in [0.2, 0.25) is 0 Å². The maximum absolute atomic E-state index is 14.0. The molecule has 1 amide bonds. The normalized spacial score (nSPS) is 11.0. The summed E-state index contributed by atoms with van der Waals surface area (Å²) in [4.78, 5) is 17.1. The van der Waals surface area contributed by atoms with Gasteiger partial charge in [0, 0.05) is 12.1 Å². The molecule has 6 nitrogen and oxygen atoms in total. The molecule has 1 N–H and O–H groups in total. The highest BCUT2D eigenvalue weighted by molar-refractivity contribution is 6.45. The van der Waals surface area contributed by atoms with Crippen molar-refractivity contribution in [3.05, 3.63) is 59.4 Å². The Balaban J connectivity index is 2.32. The minimum atomic E-state index is -0.531. The predicted octanol–water partition coefficient (Wildman–Crippen LogP) is 2.90. The Morgan fingerprint density at radius 2 is 1.92 bits per heavy atom. The van der Waals surface area contributed by atoms with Crippen molar-refractivity contribution in [3.8, 4) is 11.5 Å². The third kappa shape index (κ3) is 4.50. The van der Waals surface area contributed by atoms with E-state index in [4.69, 9.17) is 14.3 Å². The number of hydrogen-bond donors (Lipinski definition) is 1. The fourth-order valence-electron chi connectivity index (χ4n) is 2.37. The Kier molecular flexibility index (Phi) is 6.96. The third-order valence-electron chi connectivity index (χ3n) is 3.53. The molecule has 2 rings (SSSR count). The van der Waals surface area contributed by atoms with Crippen LogP contribution in [0.15, 0.2) is 47.6 Å². The molecule has 0 aromatic heterocycles. The largest absolute Gasteiger partial charge is 0.493 e. The van der Waals surface area contributed by atoms with Gasteiger partial charge in [0.05, 0.1) is 7.11 Å². The lowest BCUT2D eigenvalue weighted by molar-refractivity contribution is -0.114. The summed E-state index contributed by atoms with van der Waals surface area (Å²) in [5, 5.41) is 6.52. The molecular formula is C19H21FN2O4. The van der Waals surface area contributed by atoms with Gasteiger partial charge in [-0.2, -0.15) is 0 Å². The molecule has 0 bridgehead atoms. The number of carbonyl (C=O) groups is 1. The molecule has 0 radical (unpaired) electrons. The SMILES string of the molecule is CCNC(=O)/C(=N/OC)c1ccccc1COc1c(F)cccc1OC. The molecule has 138 valence electrons. The van der Waals surface area contributed by atoms with Gasteiger partial charge in [-0.15, -0.1) is 0 Å². The van der Waals surface area contributed by atoms with Crippen molar-refractivity contribution < 1.29 is 23.5 Å². The number of likely N-dealkylation sites (N-methyl/N-ethyl adjacent to an activating group) is 1. The van der Waals surface area contributed by atoms with Crippen LogP contribution in [0, 0.1) is 5.82 Å². The monoisotopic (exact) mass is 360 g/mol. The molecule has 2 aromatic rings. The van der Waals surface area contributed by atoms with Gasteiger partial charge in [-0.25, -0.2) is 4.39 Å². The number of rotatable bonds is 8. The lowest BCUT2D eigenvalue weighted by Gasteiger charge is -2.14. The summed E-state index contributed by atoms with van der Waals surface area (Å²) in [5.41, 5.74) is 1.31. The van der Waals surface area contributed by atoms with E-state index in [0.29, 0.717) is 17.7 Å². The smallest absolute Gasteiger partial charge is 0.273 e. The lowest BCUT2D eigenvalue weighted by Crippen LogP contribution is -2.32. The topological polar surface area (TPSA) is 69.2 Å². The minimum absolute atomic E-state index is 0.00745. The molecule has 0 atom stereocenters. The molecular weight excluding hydrogens is 339 g/mol. The van der Waals surface area contributed by atoms with Crippen LogP contribution >= 0.6 is 0 Å². The number of ether oxygens (including phenoxy) is 2. The quantitative estimate of drug-likeness (QED) is 0.581. The van der Waals surface area contributed by atoms with Crippen LogP contribution in [0.5, 0.6) is 11.5 Å². The number of methoxy groups -OCH3 is 1. The van der Waals surface area contributed by atoms with E-state index in [9.17, 15) is 9.18 Å². The summed E-state index contributed by atoms with van der Waals surface area (Å²) in [6.45, 7) is 2.28. The van der Waals surface area contributed by atoms with Crippen LogP contribution in [-0.4, -0.2) is 32.4 Å². The van der Waals surface area contributed by atoms with Gasteiger partial charge in [-0.1, -0.05) is 35.5 Å². The first-order chi connectivity index (χ1) is 12.6. The highest BCUT2D eigenvalue weighted by Gasteiger charge is 2.19. The van der Waals surface area contributed by atoms with Crippen molar-refractivity contribution in [2.45, 2.75) is 13.5 Å². The zero-order valence-corrected chi connectivity index (χ0v) is 14.9. The molecule has 0 unspecified atom stereocenters. The Morgan fingerprint density at radius 1 is 1.15 bits per heavy atom. The number of benzene rings is 2. The van der Waals surface area contributed by atoms with E-state index in [0.717, 1.165) is 0 Å². The number of carbonyl (C=O) groups excluding carboxylic acids is 1. The van der Waals surface area contributed by atoms with Gasteiger partial charge in [0.25, 0.3) is 5.91 Å². The van der Waals surface area contributed by atoms with E-state index < -0.39 is 5.82 Å². The van der Waals surface area contributed by atoms with Crippen LogP contribution < -0.4 is 14.8 Å². The van der Waals surface area contributed by atoms with Gasteiger partial charge in [0.15, 0.2) is 23.0 Å². The van der Waals surface area contributed by atoms with E-state index in [1.807, 2.05) is 6.92 Å². The van der Waals surface area contributed by atoms with Gasteiger partial charge < -0.3 is 19.6 Å². The Hall–Kier alpha value is -3.09. The van der Waals surface area contributed by atoms with Gasteiger partial charge >= 0.3 is 0 Å². The van der Waals surface area contributed by atoms with E-state index >= 15 is 0 Å². The highest BCUT2D eigenvalue weighted by atomic mass is 19.1. The fourth-order valence-corrected chi connectivity index (χ4v) is 2.37.